The van der Waals surface area contributed by atoms with Gasteiger partial charge in [0.15, 0.2) is 11.6 Å². The minimum absolute atomic E-state index is 0.00997. The number of urea groups is 1. The van der Waals surface area contributed by atoms with E-state index in [1.54, 1.807) is 16.8 Å². The van der Waals surface area contributed by atoms with Gasteiger partial charge in [-0.25, -0.2) is 22.6 Å². The van der Waals surface area contributed by atoms with E-state index in [4.69, 9.17) is 15.9 Å². The zero-order chi connectivity index (χ0) is 40.9. The van der Waals surface area contributed by atoms with Gasteiger partial charge in [-0.3, -0.25) is 19.7 Å². The first kappa shape index (κ1) is 38.2. The Morgan fingerprint density at radius 1 is 1.10 bits per heavy atom. The number of fused-ring (bicyclic) bond motifs is 2. The van der Waals surface area contributed by atoms with Gasteiger partial charge in [0.2, 0.25) is 27.3 Å². The Morgan fingerprint density at radius 2 is 1.90 bits per heavy atom. The second kappa shape index (κ2) is 15.0. The average molecular weight is 806 g/mol. The summed E-state index contributed by atoms with van der Waals surface area (Å²) in [5.74, 6) is 0.316. The predicted molar refractivity (Wildman–Crippen MR) is 214 cm³/mol. The third-order valence-electron chi connectivity index (χ3n) is 10.4. The van der Waals surface area contributed by atoms with Crippen molar-refractivity contribution >= 4 is 67.6 Å². The molecule has 1 saturated carbocycles. The van der Waals surface area contributed by atoms with Gasteiger partial charge in [0, 0.05) is 43.4 Å². The highest BCUT2D eigenvalue weighted by atomic mass is 32.2. The number of carbonyl (C=O) groups excluding carboxylic acids is 2. The largest absolute Gasteiger partial charge is 0.485 e. The summed E-state index contributed by atoms with van der Waals surface area (Å²) in [5, 5.41) is 22.6. The monoisotopic (exact) mass is 805 g/mol. The van der Waals surface area contributed by atoms with Crippen LogP contribution in [0.1, 0.15) is 55.8 Å². The molecule has 3 amide bonds. The first-order valence-electron chi connectivity index (χ1n) is 18.7. The van der Waals surface area contributed by atoms with Crippen molar-refractivity contribution in [2.45, 2.75) is 61.3 Å². The Kier molecular flexibility index (Phi) is 9.88. The molecule has 1 aliphatic carbocycles. The lowest BCUT2D eigenvalue weighted by molar-refractivity contribution is -0.120. The highest BCUT2D eigenvalue weighted by molar-refractivity contribution is 7.91. The van der Waals surface area contributed by atoms with Gasteiger partial charge < -0.3 is 21.2 Å². The number of carbonyl (C=O) groups is 2. The molecule has 0 radical (unpaired) electrons. The standard InChI is InChI=1S/C40H40FN11O5S/c1-22(2)57-36-35(27(19-42)20-43)44-21-52-38(36)47-39(49-52)45-32-10-8-29(18-31(32)41)58(55,56)28-6-4-5-23(16-28)13-24-14-26(15-24)25-7-9-30-33(17-25)50(3)48-37(30)51-12-11-34(53)46-40(51)54/h4-10,16-22,24,26,42H,11-15,43H2,1-3H3,(H,45,49)(H,46,53,54)/b27-20+,42-19?. The second-order valence-corrected chi connectivity index (χ2v) is 16.6. The molecule has 4 heterocycles. The van der Waals surface area contributed by atoms with E-state index >= 15 is 4.39 Å². The molecule has 3 aromatic heterocycles. The lowest BCUT2D eigenvalue weighted by Crippen LogP contribution is -2.49. The van der Waals surface area contributed by atoms with Crippen LogP contribution in [0.4, 0.5) is 26.6 Å². The zero-order valence-electron chi connectivity index (χ0n) is 31.8. The topological polar surface area (TPSA) is 216 Å². The van der Waals surface area contributed by atoms with Crippen molar-refractivity contribution in [3.8, 4) is 5.75 Å². The lowest BCUT2D eigenvalue weighted by Gasteiger charge is -2.36. The van der Waals surface area contributed by atoms with Gasteiger partial charge in [-0.1, -0.05) is 18.2 Å². The van der Waals surface area contributed by atoms with Crippen molar-refractivity contribution < 1.29 is 27.1 Å². The number of halogens is 1. The molecule has 2 fully saturated rings. The number of nitrogens with two attached hydrogens (primary N) is 1. The fraction of sp³-hybridized carbons (Fsp3) is 0.275. The summed E-state index contributed by atoms with van der Waals surface area (Å²) in [6.45, 7) is 3.91. The fourth-order valence-corrected chi connectivity index (χ4v) is 8.82. The number of hydrogen-bond donors (Lipinski definition) is 4. The number of benzene rings is 3. The van der Waals surface area contributed by atoms with Crippen molar-refractivity contribution in [3.05, 3.63) is 95.8 Å². The summed E-state index contributed by atoms with van der Waals surface area (Å²) in [6, 6.07) is 16.1. The van der Waals surface area contributed by atoms with Crippen LogP contribution in [0.5, 0.6) is 5.75 Å². The summed E-state index contributed by atoms with van der Waals surface area (Å²) in [6.07, 6.45) is 6.12. The Balaban J connectivity index is 0.939. The molecule has 1 saturated heterocycles. The van der Waals surface area contributed by atoms with Crippen LogP contribution in [0.25, 0.3) is 22.1 Å². The predicted octanol–water partition coefficient (Wildman–Crippen LogP) is 5.65. The molecular formula is C40H40FN11O5S. The molecule has 1 aliphatic heterocycles. The van der Waals surface area contributed by atoms with E-state index in [1.807, 2.05) is 33.0 Å². The molecule has 18 heteroatoms. The SMILES string of the molecule is CC(C)Oc1c(/C(C=N)=C/N)ncn2nc(Nc3ccc(S(=O)(=O)c4cccc(CC5CC(c6ccc7c(N8CCC(=O)NC8=O)nn(C)c7c6)C5)c4)cc3F)nc12. The fourth-order valence-electron chi connectivity index (χ4n) is 7.48. The van der Waals surface area contributed by atoms with E-state index in [2.05, 4.69) is 42.9 Å². The van der Waals surface area contributed by atoms with Gasteiger partial charge in [0.25, 0.3) is 0 Å². The Morgan fingerprint density at radius 3 is 2.62 bits per heavy atom. The number of sulfone groups is 1. The van der Waals surface area contributed by atoms with Crippen molar-refractivity contribution in [3.63, 3.8) is 0 Å². The van der Waals surface area contributed by atoms with E-state index in [1.165, 1.54) is 45.7 Å². The van der Waals surface area contributed by atoms with E-state index < -0.39 is 21.7 Å². The molecule has 58 heavy (non-hydrogen) atoms. The number of aryl methyl sites for hydroxylation is 1. The quantitative estimate of drug-likeness (QED) is 0.111. The van der Waals surface area contributed by atoms with E-state index in [-0.39, 0.29) is 57.8 Å². The van der Waals surface area contributed by atoms with Gasteiger partial charge in [0.05, 0.1) is 27.1 Å². The maximum absolute atomic E-state index is 15.5. The number of hydrogen-bond acceptors (Lipinski definition) is 12. The van der Waals surface area contributed by atoms with Crippen molar-refractivity contribution in [1.82, 2.24) is 34.7 Å². The van der Waals surface area contributed by atoms with Crippen LogP contribution < -0.4 is 26.0 Å². The number of rotatable bonds is 12. The van der Waals surface area contributed by atoms with Crippen molar-refractivity contribution in [2.24, 2.45) is 18.7 Å². The van der Waals surface area contributed by atoms with E-state index in [0.717, 1.165) is 41.6 Å². The number of ether oxygens (including phenoxy) is 1. The van der Waals surface area contributed by atoms with Crippen LogP contribution in [-0.2, 0) is 28.1 Å². The van der Waals surface area contributed by atoms with Crippen LogP contribution in [0.15, 0.2) is 83.0 Å². The summed E-state index contributed by atoms with van der Waals surface area (Å²) in [7, 11) is -2.23. The number of nitrogens with zero attached hydrogens (tertiary/aromatic N) is 7. The Hall–Kier alpha value is -6.69. The molecule has 16 nitrogen and oxygen atoms in total. The number of anilines is 3. The normalized spacial score (nSPS) is 17.5. The Labute approximate surface area is 332 Å². The van der Waals surface area contributed by atoms with Crippen LogP contribution in [0, 0.1) is 17.1 Å². The molecule has 3 aromatic carbocycles. The van der Waals surface area contributed by atoms with E-state index in [9.17, 15) is 18.0 Å². The van der Waals surface area contributed by atoms with Crippen molar-refractivity contribution in [1.29, 1.82) is 5.41 Å². The number of imide groups is 1. The summed E-state index contributed by atoms with van der Waals surface area (Å²) in [5.41, 5.74) is 9.44. The summed E-state index contributed by atoms with van der Waals surface area (Å²) < 4.78 is 52.1. The molecule has 6 aromatic rings. The molecule has 0 unspecified atom stereocenters. The molecular weight excluding hydrogens is 766 g/mol. The first-order valence-corrected chi connectivity index (χ1v) is 20.1. The molecule has 0 spiro atoms. The van der Waals surface area contributed by atoms with Gasteiger partial charge >= 0.3 is 6.03 Å². The zero-order valence-corrected chi connectivity index (χ0v) is 32.6. The third kappa shape index (κ3) is 7.10. The summed E-state index contributed by atoms with van der Waals surface area (Å²) in [4.78, 5) is 34.3. The molecule has 0 bridgehead atoms. The van der Waals surface area contributed by atoms with Crippen LogP contribution in [0.2, 0.25) is 0 Å². The van der Waals surface area contributed by atoms with Crippen LogP contribution in [-0.4, -0.2) is 68.6 Å². The van der Waals surface area contributed by atoms with Gasteiger partial charge in [-0.05, 0) is 98.5 Å². The maximum Gasteiger partial charge on any atom is 0.329 e. The minimum atomic E-state index is -4.06. The highest BCUT2D eigenvalue weighted by Crippen LogP contribution is 2.44. The molecule has 298 valence electrons. The number of nitrogens with one attached hydrogen (secondary N) is 3. The molecule has 5 N–H and O–H groups in total. The average Bonchev–Trinajstić information content (AvgIpc) is 3.74. The summed E-state index contributed by atoms with van der Waals surface area (Å²) >= 11 is 0. The highest BCUT2D eigenvalue weighted by Gasteiger charge is 2.33. The lowest BCUT2D eigenvalue weighted by atomic mass is 9.69. The van der Waals surface area contributed by atoms with Gasteiger partial charge in [0.1, 0.15) is 17.8 Å². The van der Waals surface area contributed by atoms with Gasteiger partial charge in [-0.2, -0.15) is 14.6 Å². The number of aromatic nitrogens is 6. The Bertz CT molecular complexity index is 2770. The van der Waals surface area contributed by atoms with Crippen LogP contribution >= 0.6 is 0 Å². The van der Waals surface area contributed by atoms with Crippen molar-refractivity contribution in [2.75, 3.05) is 16.8 Å². The smallest absolute Gasteiger partial charge is 0.329 e. The number of allylic oxidation sites excluding steroid dienone is 1. The van der Waals surface area contributed by atoms with E-state index in [0.29, 0.717) is 35.3 Å². The maximum atomic E-state index is 15.5. The first-order chi connectivity index (χ1) is 27.8. The van der Waals surface area contributed by atoms with Gasteiger partial charge in [-0.15, -0.1) is 5.10 Å². The molecule has 0 atom stereocenters. The second-order valence-electron chi connectivity index (χ2n) is 14.7. The number of amides is 3. The molecule has 2 aliphatic rings. The van der Waals surface area contributed by atoms with Crippen LogP contribution in [0.3, 0.4) is 0 Å². The third-order valence-corrected chi connectivity index (χ3v) is 12.2. The molecule has 8 rings (SSSR count). The minimum Gasteiger partial charge on any atom is -0.485 e.